The fourth-order valence-corrected chi connectivity index (χ4v) is 2.55. The van der Waals surface area contributed by atoms with Gasteiger partial charge in [-0.3, -0.25) is 5.43 Å². The van der Waals surface area contributed by atoms with Crippen LogP contribution < -0.4 is 5.43 Å². The Morgan fingerprint density at radius 1 is 0.913 bits per heavy atom. The van der Waals surface area contributed by atoms with Crippen molar-refractivity contribution in [1.29, 1.82) is 0 Å². The van der Waals surface area contributed by atoms with Gasteiger partial charge >= 0.3 is 0 Å². The highest BCUT2D eigenvalue weighted by atomic mass is 35.5. The quantitative estimate of drug-likeness (QED) is 0.432. The Labute approximate surface area is 148 Å². The minimum atomic E-state index is 0.573. The molecular formula is C17H11Cl3N2O. The Hall–Kier alpha value is -1.94. The van der Waals surface area contributed by atoms with E-state index in [4.69, 9.17) is 39.2 Å². The second kappa shape index (κ2) is 7.09. The Morgan fingerprint density at radius 2 is 1.74 bits per heavy atom. The lowest BCUT2D eigenvalue weighted by molar-refractivity contribution is 0.575. The number of anilines is 1. The lowest BCUT2D eigenvalue weighted by Crippen LogP contribution is -1.89. The van der Waals surface area contributed by atoms with E-state index in [-0.39, 0.29) is 0 Å². The molecule has 0 aliphatic carbocycles. The molecule has 0 unspecified atom stereocenters. The van der Waals surface area contributed by atoms with Crippen LogP contribution in [-0.2, 0) is 0 Å². The zero-order valence-electron chi connectivity index (χ0n) is 11.8. The van der Waals surface area contributed by atoms with Gasteiger partial charge in [0, 0.05) is 15.6 Å². The first-order chi connectivity index (χ1) is 11.1. The molecule has 6 heteroatoms. The van der Waals surface area contributed by atoms with Crippen LogP contribution in [0.1, 0.15) is 5.76 Å². The fourth-order valence-electron chi connectivity index (χ4n) is 1.98. The van der Waals surface area contributed by atoms with E-state index in [1.54, 1.807) is 42.6 Å². The van der Waals surface area contributed by atoms with E-state index in [9.17, 15) is 0 Å². The van der Waals surface area contributed by atoms with Crippen molar-refractivity contribution in [3.63, 3.8) is 0 Å². The summed E-state index contributed by atoms with van der Waals surface area (Å²) in [5.74, 6) is 1.22. The maximum absolute atomic E-state index is 6.16. The number of furan rings is 1. The highest BCUT2D eigenvalue weighted by Gasteiger charge is 2.08. The first-order valence-electron chi connectivity index (χ1n) is 6.72. The van der Waals surface area contributed by atoms with E-state index in [0.29, 0.717) is 26.6 Å². The zero-order chi connectivity index (χ0) is 16.2. The minimum absolute atomic E-state index is 0.573. The van der Waals surface area contributed by atoms with Gasteiger partial charge < -0.3 is 4.42 Å². The lowest BCUT2D eigenvalue weighted by Gasteiger charge is -2.01. The standard InChI is InChI=1S/C17H11Cl3N2O/c18-11-2-1-3-13(8-11)22-21-10-14-5-7-17(23-14)15-9-12(19)4-6-16(15)20/h1-10,22H/b21-10-. The van der Waals surface area contributed by atoms with Gasteiger partial charge in [-0.15, -0.1) is 0 Å². The summed E-state index contributed by atoms with van der Waals surface area (Å²) in [6, 6.07) is 16.1. The van der Waals surface area contributed by atoms with Gasteiger partial charge in [0.2, 0.25) is 0 Å². The third-order valence-electron chi connectivity index (χ3n) is 3.03. The highest BCUT2D eigenvalue weighted by Crippen LogP contribution is 2.31. The number of hydrogen-bond donors (Lipinski definition) is 1. The van der Waals surface area contributed by atoms with Crippen molar-refractivity contribution >= 4 is 46.7 Å². The predicted octanol–water partition coefficient (Wildman–Crippen LogP) is 6.35. The minimum Gasteiger partial charge on any atom is -0.455 e. The molecule has 3 aromatic rings. The summed E-state index contributed by atoms with van der Waals surface area (Å²) in [4.78, 5) is 0. The van der Waals surface area contributed by atoms with Crippen molar-refractivity contribution < 1.29 is 4.42 Å². The molecule has 0 atom stereocenters. The SMILES string of the molecule is Clc1cccc(N/N=C\c2ccc(-c3cc(Cl)ccc3Cl)o2)c1. The van der Waals surface area contributed by atoms with E-state index in [2.05, 4.69) is 10.5 Å². The molecule has 0 saturated carbocycles. The molecule has 0 saturated heterocycles. The Morgan fingerprint density at radius 3 is 2.57 bits per heavy atom. The van der Waals surface area contributed by atoms with Crippen LogP contribution in [0.2, 0.25) is 15.1 Å². The van der Waals surface area contributed by atoms with Gasteiger partial charge in [0.05, 0.1) is 16.9 Å². The number of halogens is 3. The molecule has 116 valence electrons. The summed E-state index contributed by atoms with van der Waals surface area (Å²) in [5, 5.41) is 5.92. The van der Waals surface area contributed by atoms with Crippen LogP contribution in [0.3, 0.4) is 0 Å². The highest BCUT2D eigenvalue weighted by molar-refractivity contribution is 6.35. The van der Waals surface area contributed by atoms with E-state index >= 15 is 0 Å². The second-order valence-corrected chi connectivity index (χ2v) is 5.99. The van der Waals surface area contributed by atoms with Gasteiger partial charge in [-0.2, -0.15) is 5.10 Å². The van der Waals surface area contributed by atoms with Crippen LogP contribution in [0.4, 0.5) is 5.69 Å². The van der Waals surface area contributed by atoms with Gasteiger partial charge in [0.1, 0.15) is 11.5 Å². The van der Waals surface area contributed by atoms with Crippen molar-refractivity contribution in [3.8, 4) is 11.3 Å². The molecule has 0 fully saturated rings. The van der Waals surface area contributed by atoms with E-state index in [0.717, 1.165) is 11.3 Å². The molecule has 1 heterocycles. The number of hydrogen-bond acceptors (Lipinski definition) is 3. The van der Waals surface area contributed by atoms with Crippen molar-refractivity contribution in [2.45, 2.75) is 0 Å². The predicted molar refractivity (Wildman–Crippen MR) is 96.8 cm³/mol. The van der Waals surface area contributed by atoms with Crippen molar-refractivity contribution in [2.75, 3.05) is 5.43 Å². The summed E-state index contributed by atoms with van der Waals surface area (Å²) in [6.07, 6.45) is 1.57. The molecule has 0 spiro atoms. The maximum Gasteiger partial charge on any atom is 0.147 e. The van der Waals surface area contributed by atoms with Gasteiger partial charge in [0.15, 0.2) is 0 Å². The number of benzene rings is 2. The molecule has 3 nitrogen and oxygen atoms in total. The maximum atomic E-state index is 6.16. The molecule has 2 aromatic carbocycles. The summed E-state index contributed by atoms with van der Waals surface area (Å²) >= 11 is 18.1. The Bertz CT molecular complexity index is 859. The molecular weight excluding hydrogens is 355 g/mol. The van der Waals surface area contributed by atoms with Crippen LogP contribution in [0.25, 0.3) is 11.3 Å². The molecule has 3 rings (SSSR count). The van der Waals surface area contributed by atoms with Gasteiger partial charge in [-0.05, 0) is 48.5 Å². The Balaban J connectivity index is 1.74. The average Bonchev–Trinajstić information content (AvgIpc) is 2.98. The summed E-state index contributed by atoms with van der Waals surface area (Å²) in [5.41, 5.74) is 4.41. The van der Waals surface area contributed by atoms with Crippen LogP contribution in [0, 0.1) is 0 Å². The van der Waals surface area contributed by atoms with Crippen LogP contribution >= 0.6 is 34.8 Å². The van der Waals surface area contributed by atoms with Gasteiger partial charge in [-0.25, -0.2) is 0 Å². The topological polar surface area (TPSA) is 37.5 Å². The molecule has 1 aromatic heterocycles. The molecule has 0 aliphatic rings. The largest absolute Gasteiger partial charge is 0.455 e. The number of nitrogens with zero attached hydrogens (tertiary/aromatic N) is 1. The van der Waals surface area contributed by atoms with Crippen molar-refractivity contribution in [1.82, 2.24) is 0 Å². The second-order valence-electron chi connectivity index (χ2n) is 4.71. The Kier molecular flexibility index (Phi) is 4.91. The van der Waals surface area contributed by atoms with E-state index in [1.807, 2.05) is 18.2 Å². The summed E-state index contributed by atoms with van der Waals surface area (Å²) in [7, 11) is 0. The summed E-state index contributed by atoms with van der Waals surface area (Å²) < 4.78 is 5.71. The normalized spacial score (nSPS) is 11.1. The average molecular weight is 366 g/mol. The van der Waals surface area contributed by atoms with Crippen molar-refractivity contribution in [3.05, 3.63) is 75.4 Å². The molecule has 0 radical (unpaired) electrons. The van der Waals surface area contributed by atoms with Crippen LogP contribution in [-0.4, -0.2) is 6.21 Å². The van der Waals surface area contributed by atoms with Crippen molar-refractivity contribution in [2.24, 2.45) is 5.10 Å². The monoisotopic (exact) mass is 364 g/mol. The third kappa shape index (κ3) is 4.08. The van der Waals surface area contributed by atoms with Crippen LogP contribution in [0.5, 0.6) is 0 Å². The van der Waals surface area contributed by atoms with Gasteiger partial charge in [0.25, 0.3) is 0 Å². The third-order valence-corrected chi connectivity index (χ3v) is 3.83. The number of hydrazone groups is 1. The smallest absolute Gasteiger partial charge is 0.147 e. The zero-order valence-corrected chi connectivity index (χ0v) is 14.0. The summed E-state index contributed by atoms with van der Waals surface area (Å²) in [6.45, 7) is 0. The molecule has 0 bridgehead atoms. The van der Waals surface area contributed by atoms with E-state index in [1.165, 1.54) is 0 Å². The fraction of sp³-hybridized carbons (Fsp3) is 0. The first-order valence-corrected chi connectivity index (χ1v) is 7.85. The van der Waals surface area contributed by atoms with E-state index < -0.39 is 0 Å². The molecule has 1 N–H and O–H groups in total. The molecule has 0 aliphatic heterocycles. The van der Waals surface area contributed by atoms with Crippen LogP contribution in [0.15, 0.2) is 64.1 Å². The first kappa shape index (κ1) is 15.9. The number of nitrogens with one attached hydrogen (secondary N) is 1. The molecule has 23 heavy (non-hydrogen) atoms. The van der Waals surface area contributed by atoms with Gasteiger partial charge in [-0.1, -0.05) is 40.9 Å². The lowest BCUT2D eigenvalue weighted by atomic mass is 10.2. The molecule has 0 amide bonds. The number of rotatable bonds is 4.